The largest absolute Gasteiger partial charge is 0.390 e. The van der Waals surface area contributed by atoms with Crippen molar-refractivity contribution in [2.24, 2.45) is 17.8 Å². The Morgan fingerprint density at radius 2 is 2.00 bits per heavy atom. The van der Waals surface area contributed by atoms with Crippen molar-refractivity contribution in [1.82, 2.24) is 20.2 Å². The van der Waals surface area contributed by atoms with Crippen LogP contribution < -0.4 is 10.6 Å². The molecule has 4 aliphatic carbocycles. The minimum Gasteiger partial charge on any atom is -0.390 e. The van der Waals surface area contributed by atoms with Gasteiger partial charge in [-0.1, -0.05) is 0 Å². The molecule has 0 aromatic carbocycles. The van der Waals surface area contributed by atoms with Crippen molar-refractivity contribution in [3.05, 3.63) is 24.0 Å². The molecule has 7 heteroatoms. The minimum absolute atomic E-state index is 0.375. The third kappa shape index (κ3) is 2.76. The highest BCUT2D eigenvalue weighted by molar-refractivity contribution is 5.53. The van der Waals surface area contributed by atoms with Gasteiger partial charge in [-0.05, 0) is 62.8 Å². The molecule has 0 radical (unpaired) electrons. The standard InChI is InChI=1S/C18H24N6O/c1-10-4-15(24-23-10)20-14-2-3-19-17(21-14)22-16-12-5-11-6-13(16)9-18(25,7-11)8-12/h2-4,11-13,16,25H,5-9H2,1H3,(H3,19,20,21,22,23,24). The molecule has 4 fully saturated rings. The van der Waals surface area contributed by atoms with E-state index in [9.17, 15) is 5.11 Å². The lowest BCUT2D eigenvalue weighted by molar-refractivity contribution is -0.129. The molecule has 2 aromatic heterocycles. The summed E-state index contributed by atoms with van der Waals surface area (Å²) >= 11 is 0. The highest BCUT2D eigenvalue weighted by Crippen LogP contribution is 2.56. The van der Waals surface area contributed by atoms with Crippen molar-refractivity contribution in [2.75, 3.05) is 10.6 Å². The molecule has 0 amide bonds. The van der Waals surface area contributed by atoms with E-state index in [1.54, 1.807) is 6.20 Å². The van der Waals surface area contributed by atoms with Crippen LogP contribution in [-0.2, 0) is 0 Å². The maximum atomic E-state index is 10.7. The number of aliphatic hydroxyl groups is 1. The third-order valence-corrected chi connectivity index (χ3v) is 6.15. The van der Waals surface area contributed by atoms with Crippen molar-refractivity contribution in [3.63, 3.8) is 0 Å². The zero-order valence-electron chi connectivity index (χ0n) is 14.4. The maximum absolute atomic E-state index is 10.7. The van der Waals surface area contributed by atoms with Crippen LogP contribution in [0, 0.1) is 24.7 Å². The van der Waals surface area contributed by atoms with Gasteiger partial charge in [-0.2, -0.15) is 10.1 Å². The molecule has 4 aliphatic rings. The van der Waals surface area contributed by atoms with Crippen molar-refractivity contribution in [2.45, 2.75) is 50.7 Å². The Labute approximate surface area is 146 Å². The second-order valence-corrected chi connectivity index (χ2v) is 8.19. The van der Waals surface area contributed by atoms with Crippen LogP contribution in [0.25, 0.3) is 0 Å². The van der Waals surface area contributed by atoms with E-state index in [4.69, 9.17) is 0 Å². The van der Waals surface area contributed by atoms with Gasteiger partial charge in [-0.15, -0.1) is 0 Å². The molecule has 7 nitrogen and oxygen atoms in total. The normalized spacial score (nSPS) is 35.8. The van der Waals surface area contributed by atoms with E-state index in [2.05, 4.69) is 30.8 Å². The summed E-state index contributed by atoms with van der Waals surface area (Å²) in [5.41, 5.74) is 0.595. The summed E-state index contributed by atoms with van der Waals surface area (Å²) in [4.78, 5) is 9.00. The van der Waals surface area contributed by atoms with E-state index in [1.807, 2.05) is 19.1 Å². The zero-order chi connectivity index (χ0) is 17.0. The molecule has 2 aromatic rings. The second-order valence-electron chi connectivity index (χ2n) is 8.19. The van der Waals surface area contributed by atoms with E-state index in [-0.39, 0.29) is 0 Å². The fraction of sp³-hybridized carbons (Fsp3) is 0.611. The highest BCUT2D eigenvalue weighted by atomic mass is 16.3. The number of nitrogens with one attached hydrogen (secondary N) is 3. The first kappa shape index (κ1) is 15.1. The van der Waals surface area contributed by atoms with Crippen molar-refractivity contribution < 1.29 is 5.11 Å². The minimum atomic E-state index is -0.406. The highest BCUT2D eigenvalue weighted by Gasteiger charge is 2.54. The van der Waals surface area contributed by atoms with Gasteiger partial charge in [-0.25, -0.2) is 4.98 Å². The topological polar surface area (TPSA) is 98.8 Å². The maximum Gasteiger partial charge on any atom is 0.224 e. The molecule has 25 heavy (non-hydrogen) atoms. The monoisotopic (exact) mass is 340 g/mol. The first-order valence-electron chi connectivity index (χ1n) is 9.17. The number of nitrogens with zero attached hydrogens (tertiary/aromatic N) is 3. The van der Waals surface area contributed by atoms with Crippen molar-refractivity contribution in [1.29, 1.82) is 0 Å². The summed E-state index contributed by atoms with van der Waals surface area (Å²) < 4.78 is 0. The summed E-state index contributed by atoms with van der Waals surface area (Å²) in [6, 6.07) is 4.15. The average molecular weight is 340 g/mol. The van der Waals surface area contributed by atoms with Crippen LogP contribution in [0.1, 0.15) is 37.8 Å². The van der Waals surface area contributed by atoms with Gasteiger partial charge in [0, 0.05) is 24.0 Å². The molecule has 0 aliphatic heterocycles. The number of rotatable bonds is 4. The molecule has 2 unspecified atom stereocenters. The first-order valence-corrected chi connectivity index (χ1v) is 9.17. The van der Waals surface area contributed by atoms with Crippen molar-refractivity contribution in [3.8, 4) is 0 Å². The predicted molar refractivity (Wildman–Crippen MR) is 94.6 cm³/mol. The average Bonchev–Trinajstić information content (AvgIpc) is 2.95. The molecule has 0 saturated heterocycles. The lowest BCUT2D eigenvalue weighted by Gasteiger charge is -2.58. The Kier molecular flexibility index (Phi) is 3.28. The van der Waals surface area contributed by atoms with Crippen LogP contribution in [0.5, 0.6) is 0 Å². The Balaban J connectivity index is 1.32. The molecule has 4 N–H and O–H groups in total. The molecule has 4 saturated carbocycles. The van der Waals surface area contributed by atoms with E-state index in [0.717, 1.165) is 36.6 Å². The number of hydrogen-bond donors (Lipinski definition) is 4. The lowest BCUT2D eigenvalue weighted by Crippen LogP contribution is -2.59. The number of hydrogen-bond acceptors (Lipinski definition) is 6. The van der Waals surface area contributed by atoms with Gasteiger partial charge in [0.05, 0.1) is 5.60 Å². The van der Waals surface area contributed by atoms with Gasteiger partial charge in [0.15, 0.2) is 5.82 Å². The summed E-state index contributed by atoms with van der Waals surface area (Å²) in [7, 11) is 0. The molecular weight excluding hydrogens is 316 g/mol. The van der Waals surface area contributed by atoms with Crippen LogP contribution in [0.2, 0.25) is 0 Å². The van der Waals surface area contributed by atoms with Gasteiger partial charge in [0.2, 0.25) is 5.95 Å². The summed E-state index contributed by atoms with van der Waals surface area (Å²) in [5.74, 6) is 3.90. The molecule has 0 spiro atoms. The van der Waals surface area contributed by atoms with Crippen LogP contribution in [0.3, 0.4) is 0 Å². The third-order valence-electron chi connectivity index (χ3n) is 6.15. The lowest BCUT2D eigenvalue weighted by atomic mass is 9.52. The van der Waals surface area contributed by atoms with Crippen LogP contribution >= 0.6 is 0 Å². The second kappa shape index (κ2) is 5.42. The Morgan fingerprint density at radius 3 is 2.68 bits per heavy atom. The number of aryl methyl sites for hydroxylation is 1. The zero-order valence-corrected chi connectivity index (χ0v) is 14.4. The smallest absolute Gasteiger partial charge is 0.224 e. The van der Waals surface area contributed by atoms with Crippen LogP contribution in [0.4, 0.5) is 17.6 Å². The number of anilines is 3. The number of aromatic amines is 1. The fourth-order valence-electron chi connectivity index (χ4n) is 5.48. The summed E-state index contributed by atoms with van der Waals surface area (Å²) in [6.07, 6.45) is 7.05. The van der Waals surface area contributed by atoms with Crippen molar-refractivity contribution >= 4 is 17.6 Å². The molecule has 4 bridgehead atoms. The van der Waals surface area contributed by atoms with Crippen LogP contribution in [0.15, 0.2) is 18.3 Å². The molecule has 132 valence electrons. The molecule has 2 heterocycles. The van der Waals surface area contributed by atoms with Gasteiger partial charge < -0.3 is 15.7 Å². The molecular formula is C18H24N6O. The van der Waals surface area contributed by atoms with E-state index in [1.165, 1.54) is 12.8 Å². The van der Waals surface area contributed by atoms with Crippen LogP contribution in [-0.4, -0.2) is 36.9 Å². The van der Waals surface area contributed by atoms with Gasteiger partial charge in [0.1, 0.15) is 5.82 Å². The number of H-pyrrole nitrogens is 1. The Hall–Kier alpha value is -2.15. The summed E-state index contributed by atoms with van der Waals surface area (Å²) in [5, 5.41) is 24.6. The Morgan fingerprint density at radius 1 is 1.20 bits per heavy atom. The van der Waals surface area contributed by atoms with E-state index < -0.39 is 5.60 Å². The fourth-order valence-corrected chi connectivity index (χ4v) is 5.48. The van der Waals surface area contributed by atoms with E-state index >= 15 is 0 Å². The summed E-state index contributed by atoms with van der Waals surface area (Å²) in [6.45, 7) is 1.96. The Bertz CT molecular complexity index is 773. The van der Waals surface area contributed by atoms with Gasteiger partial charge >= 0.3 is 0 Å². The SMILES string of the molecule is Cc1cc(Nc2ccnc(NC3C4CC5CC3CC(O)(C5)C4)n2)n[nH]1. The quantitative estimate of drug-likeness (QED) is 0.683. The molecule has 2 atom stereocenters. The number of aromatic nitrogens is 4. The van der Waals surface area contributed by atoms with Gasteiger partial charge in [-0.3, -0.25) is 5.10 Å². The van der Waals surface area contributed by atoms with Gasteiger partial charge in [0.25, 0.3) is 0 Å². The molecule has 6 rings (SSSR count). The predicted octanol–water partition coefficient (Wildman–Crippen LogP) is 2.60. The first-order chi connectivity index (χ1) is 12.1. The van der Waals surface area contributed by atoms with E-state index in [0.29, 0.717) is 29.7 Å².